The van der Waals surface area contributed by atoms with Crippen molar-refractivity contribution < 1.29 is 18.7 Å². The van der Waals surface area contributed by atoms with Crippen LogP contribution < -0.4 is 0 Å². The van der Waals surface area contributed by atoms with E-state index in [1.165, 1.54) is 17.0 Å². The second-order valence-corrected chi connectivity index (χ2v) is 5.94. The fourth-order valence-electron chi connectivity index (χ4n) is 2.45. The molecule has 5 nitrogen and oxygen atoms in total. The molecular weight excluding hydrogens is 335 g/mol. The fourth-order valence-corrected chi connectivity index (χ4v) is 2.45. The van der Waals surface area contributed by atoms with Gasteiger partial charge in [0.25, 0.3) is 5.91 Å². The van der Waals surface area contributed by atoms with Crippen LogP contribution in [0.15, 0.2) is 54.6 Å². The molecule has 26 heavy (non-hydrogen) atoms. The molecule has 3 aromatic rings. The number of ether oxygens (including phenoxy) is 1. The van der Waals surface area contributed by atoms with Gasteiger partial charge in [0.1, 0.15) is 5.82 Å². The maximum Gasteiger partial charge on any atom is 0.339 e. The first-order valence-electron chi connectivity index (χ1n) is 7.98. The van der Waals surface area contributed by atoms with Crippen LogP contribution in [0.25, 0.3) is 22.2 Å². The normalized spacial score (nSPS) is 10.6. The number of halogens is 1. The summed E-state index contributed by atoms with van der Waals surface area (Å²) in [6.07, 6.45) is 0. The molecule has 1 aromatic heterocycles. The highest BCUT2D eigenvalue weighted by molar-refractivity contribution is 6.05. The highest BCUT2D eigenvalue weighted by Crippen LogP contribution is 2.25. The molecule has 6 heteroatoms. The zero-order valence-electron chi connectivity index (χ0n) is 14.4. The van der Waals surface area contributed by atoms with Crippen molar-refractivity contribution in [1.82, 2.24) is 9.88 Å². The lowest BCUT2D eigenvalue weighted by Crippen LogP contribution is -2.27. The Labute approximate surface area is 150 Å². The molecule has 0 saturated heterocycles. The van der Waals surface area contributed by atoms with Gasteiger partial charge in [0, 0.05) is 25.0 Å². The number of benzene rings is 2. The molecule has 0 radical (unpaired) electrons. The zero-order valence-corrected chi connectivity index (χ0v) is 14.4. The van der Waals surface area contributed by atoms with E-state index < -0.39 is 5.97 Å². The van der Waals surface area contributed by atoms with Gasteiger partial charge in [-0.15, -0.1) is 0 Å². The Morgan fingerprint density at radius 1 is 1.08 bits per heavy atom. The summed E-state index contributed by atoms with van der Waals surface area (Å²) in [6.45, 7) is -0.339. The predicted octanol–water partition coefficient (Wildman–Crippen LogP) is 3.29. The summed E-state index contributed by atoms with van der Waals surface area (Å²) in [7, 11) is 3.18. The second kappa shape index (κ2) is 7.31. The SMILES string of the molecule is CN(C)C(=O)COC(=O)c1cc(-c2ccc(F)cc2)nc2ccccc12. The molecular formula is C20H17FN2O3. The minimum atomic E-state index is -0.609. The molecule has 0 spiro atoms. The van der Waals surface area contributed by atoms with Crippen molar-refractivity contribution in [3.05, 3.63) is 66.0 Å². The molecule has 0 atom stereocenters. The maximum absolute atomic E-state index is 13.2. The molecule has 1 amide bonds. The van der Waals surface area contributed by atoms with Gasteiger partial charge in [-0.25, -0.2) is 14.2 Å². The van der Waals surface area contributed by atoms with E-state index >= 15 is 0 Å². The van der Waals surface area contributed by atoms with Crippen molar-refractivity contribution in [3.63, 3.8) is 0 Å². The molecule has 132 valence electrons. The summed E-state index contributed by atoms with van der Waals surface area (Å²) in [5.41, 5.74) is 2.12. The molecule has 0 N–H and O–H groups in total. The van der Waals surface area contributed by atoms with Crippen molar-refractivity contribution in [1.29, 1.82) is 0 Å². The van der Waals surface area contributed by atoms with E-state index in [4.69, 9.17) is 4.74 Å². The lowest BCUT2D eigenvalue weighted by atomic mass is 10.0. The Morgan fingerprint density at radius 2 is 1.77 bits per heavy atom. The largest absolute Gasteiger partial charge is 0.452 e. The summed E-state index contributed by atoms with van der Waals surface area (Å²) >= 11 is 0. The fraction of sp³-hybridized carbons (Fsp3) is 0.150. The molecule has 0 aliphatic heterocycles. The van der Waals surface area contributed by atoms with Gasteiger partial charge in [0.05, 0.1) is 16.8 Å². The van der Waals surface area contributed by atoms with E-state index in [2.05, 4.69) is 4.98 Å². The number of likely N-dealkylation sites (N-methyl/N-ethyl adjacent to an activating group) is 1. The monoisotopic (exact) mass is 352 g/mol. The number of pyridine rings is 1. The van der Waals surface area contributed by atoms with E-state index in [1.807, 2.05) is 6.07 Å². The van der Waals surface area contributed by atoms with E-state index in [1.54, 1.807) is 50.5 Å². The lowest BCUT2D eigenvalue weighted by Gasteiger charge is -2.12. The van der Waals surface area contributed by atoms with Gasteiger partial charge in [0.2, 0.25) is 0 Å². The van der Waals surface area contributed by atoms with Crippen LogP contribution in [-0.4, -0.2) is 42.5 Å². The van der Waals surface area contributed by atoms with Crippen molar-refractivity contribution in [3.8, 4) is 11.3 Å². The lowest BCUT2D eigenvalue weighted by molar-refractivity contribution is -0.131. The van der Waals surface area contributed by atoms with E-state index in [0.29, 0.717) is 27.7 Å². The van der Waals surface area contributed by atoms with Gasteiger partial charge in [-0.05, 0) is 36.4 Å². The van der Waals surface area contributed by atoms with Crippen molar-refractivity contribution in [2.24, 2.45) is 0 Å². The average molecular weight is 352 g/mol. The van der Waals surface area contributed by atoms with Crippen molar-refractivity contribution >= 4 is 22.8 Å². The molecule has 2 aromatic carbocycles. The van der Waals surface area contributed by atoms with Crippen LogP contribution in [0.4, 0.5) is 4.39 Å². The summed E-state index contributed by atoms with van der Waals surface area (Å²) in [4.78, 5) is 30.1. The van der Waals surface area contributed by atoms with Crippen LogP contribution >= 0.6 is 0 Å². The number of aromatic nitrogens is 1. The third kappa shape index (κ3) is 3.69. The third-order valence-electron chi connectivity index (χ3n) is 3.90. The number of rotatable bonds is 4. The molecule has 1 heterocycles. The number of amides is 1. The average Bonchev–Trinajstić information content (AvgIpc) is 2.65. The summed E-state index contributed by atoms with van der Waals surface area (Å²) in [5.74, 6) is -1.27. The maximum atomic E-state index is 13.2. The van der Waals surface area contributed by atoms with E-state index in [-0.39, 0.29) is 18.3 Å². The summed E-state index contributed by atoms with van der Waals surface area (Å²) < 4.78 is 18.3. The molecule has 0 aliphatic rings. The Bertz CT molecular complexity index is 968. The molecule has 0 unspecified atom stereocenters. The van der Waals surface area contributed by atoms with Crippen LogP contribution in [0, 0.1) is 5.82 Å². The highest BCUT2D eigenvalue weighted by atomic mass is 19.1. The van der Waals surface area contributed by atoms with Crippen molar-refractivity contribution in [2.75, 3.05) is 20.7 Å². The minimum absolute atomic E-state index is 0.307. The quantitative estimate of drug-likeness (QED) is 0.676. The Morgan fingerprint density at radius 3 is 2.46 bits per heavy atom. The van der Waals surface area contributed by atoms with Gasteiger partial charge >= 0.3 is 5.97 Å². The standard InChI is InChI=1S/C20H17FN2O3/c1-23(2)19(24)12-26-20(25)16-11-18(13-7-9-14(21)10-8-13)22-17-6-4-3-5-15(16)17/h3-11H,12H2,1-2H3. The van der Waals surface area contributed by atoms with Crippen LogP contribution in [0.1, 0.15) is 10.4 Å². The minimum Gasteiger partial charge on any atom is -0.452 e. The molecule has 0 fully saturated rings. The number of hydrogen-bond donors (Lipinski definition) is 0. The number of fused-ring (bicyclic) bond motifs is 1. The van der Waals surface area contributed by atoms with Crippen LogP contribution in [0.3, 0.4) is 0 Å². The number of hydrogen-bond acceptors (Lipinski definition) is 4. The van der Waals surface area contributed by atoms with Crippen molar-refractivity contribution in [2.45, 2.75) is 0 Å². The van der Waals surface area contributed by atoms with E-state index in [0.717, 1.165) is 0 Å². The van der Waals surface area contributed by atoms with Gasteiger partial charge in [-0.1, -0.05) is 18.2 Å². The number of carbonyl (C=O) groups excluding carboxylic acids is 2. The number of esters is 1. The first-order chi connectivity index (χ1) is 12.5. The van der Waals surface area contributed by atoms with Crippen LogP contribution in [-0.2, 0) is 9.53 Å². The van der Waals surface area contributed by atoms with Gasteiger partial charge in [-0.2, -0.15) is 0 Å². The third-order valence-corrected chi connectivity index (χ3v) is 3.90. The number of carbonyl (C=O) groups is 2. The zero-order chi connectivity index (χ0) is 18.7. The number of nitrogens with zero attached hydrogens (tertiary/aromatic N) is 2. The predicted molar refractivity (Wildman–Crippen MR) is 96.1 cm³/mol. The molecule has 0 saturated carbocycles. The summed E-state index contributed by atoms with van der Waals surface area (Å²) in [6, 6.07) is 14.6. The van der Waals surface area contributed by atoms with Gasteiger partial charge < -0.3 is 9.64 Å². The van der Waals surface area contributed by atoms with Gasteiger partial charge in [0.15, 0.2) is 6.61 Å². The van der Waals surface area contributed by atoms with E-state index in [9.17, 15) is 14.0 Å². The topological polar surface area (TPSA) is 59.5 Å². The molecule has 0 bridgehead atoms. The summed E-state index contributed by atoms with van der Waals surface area (Å²) in [5, 5.41) is 0.626. The van der Waals surface area contributed by atoms with Crippen LogP contribution in [0.5, 0.6) is 0 Å². The smallest absolute Gasteiger partial charge is 0.339 e. The first kappa shape index (κ1) is 17.5. The first-order valence-corrected chi connectivity index (χ1v) is 7.98. The second-order valence-electron chi connectivity index (χ2n) is 5.94. The Hall–Kier alpha value is -3.28. The molecule has 3 rings (SSSR count). The molecule has 0 aliphatic carbocycles. The Kier molecular flexibility index (Phi) is 4.93. The van der Waals surface area contributed by atoms with Gasteiger partial charge in [-0.3, -0.25) is 4.79 Å². The Balaban J connectivity index is 2.01. The number of para-hydroxylation sites is 1. The van der Waals surface area contributed by atoms with Crippen LogP contribution in [0.2, 0.25) is 0 Å². The highest BCUT2D eigenvalue weighted by Gasteiger charge is 2.17.